The first kappa shape index (κ1) is 10.3. The SMILES string of the molecule is CCC1(CC)c2cc(C)ccc2CC2NC21. The van der Waals surface area contributed by atoms with Gasteiger partial charge in [0.05, 0.1) is 0 Å². The predicted octanol–water partition coefficient (Wildman–Crippen LogP) is 2.95. The topological polar surface area (TPSA) is 21.9 Å². The van der Waals surface area contributed by atoms with Crippen molar-refractivity contribution in [3.63, 3.8) is 0 Å². The van der Waals surface area contributed by atoms with Gasteiger partial charge in [0, 0.05) is 17.5 Å². The Kier molecular flexibility index (Phi) is 2.16. The fraction of sp³-hybridized carbons (Fsp3) is 0.600. The van der Waals surface area contributed by atoms with Crippen LogP contribution in [-0.2, 0) is 11.8 Å². The molecular formula is C15H21N. The standard InChI is InChI=1S/C15H21N/c1-4-15(5-2)12-8-10(3)6-7-11(12)9-13-14(15)16-13/h6-8,13-14,16H,4-5,9H2,1-3H3. The Hall–Kier alpha value is -0.820. The summed E-state index contributed by atoms with van der Waals surface area (Å²) in [5.74, 6) is 0. The second kappa shape index (κ2) is 3.33. The van der Waals surface area contributed by atoms with Crippen molar-refractivity contribution in [3.05, 3.63) is 34.9 Å². The molecule has 16 heavy (non-hydrogen) atoms. The van der Waals surface area contributed by atoms with Crippen LogP contribution < -0.4 is 5.32 Å². The Morgan fingerprint density at radius 1 is 1.31 bits per heavy atom. The maximum atomic E-state index is 3.69. The summed E-state index contributed by atoms with van der Waals surface area (Å²) in [5, 5.41) is 3.69. The Balaban J connectivity index is 2.17. The van der Waals surface area contributed by atoms with Crippen LogP contribution in [0.5, 0.6) is 0 Å². The second-order valence-corrected chi connectivity index (χ2v) is 5.48. The van der Waals surface area contributed by atoms with E-state index in [1.54, 1.807) is 11.1 Å². The summed E-state index contributed by atoms with van der Waals surface area (Å²) >= 11 is 0. The monoisotopic (exact) mass is 215 g/mol. The predicted molar refractivity (Wildman–Crippen MR) is 67.9 cm³/mol. The van der Waals surface area contributed by atoms with Gasteiger partial charge in [0.1, 0.15) is 0 Å². The van der Waals surface area contributed by atoms with Gasteiger partial charge in [-0.2, -0.15) is 0 Å². The van der Waals surface area contributed by atoms with Crippen molar-refractivity contribution in [1.29, 1.82) is 0 Å². The fourth-order valence-corrected chi connectivity index (χ4v) is 3.70. The summed E-state index contributed by atoms with van der Waals surface area (Å²) < 4.78 is 0. The molecule has 2 unspecified atom stereocenters. The van der Waals surface area contributed by atoms with Gasteiger partial charge in [-0.1, -0.05) is 37.6 Å². The van der Waals surface area contributed by atoms with E-state index in [1.807, 2.05) is 0 Å². The number of hydrogen-bond donors (Lipinski definition) is 1. The van der Waals surface area contributed by atoms with Crippen molar-refractivity contribution in [3.8, 4) is 0 Å². The lowest BCUT2D eigenvalue weighted by Gasteiger charge is -2.37. The van der Waals surface area contributed by atoms with Crippen molar-refractivity contribution in [1.82, 2.24) is 5.32 Å². The van der Waals surface area contributed by atoms with Gasteiger partial charge in [-0.05, 0) is 37.3 Å². The van der Waals surface area contributed by atoms with Crippen LogP contribution >= 0.6 is 0 Å². The van der Waals surface area contributed by atoms with Gasteiger partial charge in [-0.15, -0.1) is 0 Å². The molecule has 1 saturated heterocycles. The molecule has 0 bridgehead atoms. The third kappa shape index (κ3) is 1.21. The van der Waals surface area contributed by atoms with Gasteiger partial charge in [0.2, 0.25) is 0 Å². The molecule has 86 valence electrons. The third-order valence-corrected chi connectivity index (χ3v) is 4.79. The molecule has 0 spiro atoms. The largest absolute Gasteiger partial charge is 0.307 e. The lowest BCUT2D eigenvalue weighted by atomic mass is 9.66. The second-order valence-electron chi connectivity index (χ2n) is 5.48. The Morgan fingerprint density at radius 3 is 2.75 bits per heavy atom. The molecule has 1 heteroatoms. The van der Waals surface area contributed by atoms with E-state index in [2.05, 4.69) is 44.3 Å². The van der Waals surface area contributed by atoms with Crippen LogP contribution in [0.4, 0.5) is 0 Å². The normalized spacial score (nSPS) is 29.4. The number of benzene rings is 1. The fourth-order valence-electron chi connectivity index (χ4n) is 3.70. The van der Waals surface area contributed by atoms with Gasteiger partial charge in [-0.3, -0.25) is 0 Å². The molecule has 1 aromatic carbocycles. The summed E-state index contributed by atoms with van der Waals surface area (Å²) in [5.41, 5.74) is 5.03. The average molecular weight is 215 g/mol. The van der Waals surface area contributed by atoms with E-state index in [0.717, 1.165) is 12.1 Å². The highest BCUT2D eigenvalue weighted by Gasteiger charge is 2.54. The van der Waals surface area contributed by atoms with E-state index in [1.165, 1.54) is 24.8 Å². The Bertz CT molecular complexity index is 417. The van der Waals surface area contributed by atoms with Gasteiger partial charge in [0.25, 0.3) is 0 Å². The highest BCUT2D eigenvalue weighted by molar-refractivity contribution is 5.46. The molecule has 1 aliphatic heterocycles. The molecular weight excluding hydrogens is 194 g/mol. The first-order valence-electron chi connectivity index (χ1n) is 6.57. The average Bonchev–Trinajstić information content (AvgIpc) is 3.06. The number of nitrogens with one attached hydrogen (secondary N) is 1. The smallest absolute Gasteiger partial charge is 0.0324 e. The lowest BCUT2D eigenvalue weighted by Crippen LogP contribution is -2.37. The molecule has 1 aromatic rings. The lowest BCUT2D eigenvalue weighted by molar-refractivity contribution is 0.365. The van der Waals surface area contributed by atoms with Crippen LogP contribution in [0.3, 0.4) is 0 Å². The van der Waals surface area contributed by atoms with Gasteiger partial charge in [0.15, 0.2) is 0 Å². The minimum absolute atomic E-state index is 0.407. The number of aryl methyl sites for hydroxylation is 1. The summed E-state index contributed by atoms with van der Waals surface area (Å²) in [6.45, 7) is 6.90. The highest BCUT2D eigenvalue weighted by atomic mass is 15.2. The molecule has 1 fully saturated rings. The van der Waals surface area contributed by atoms with Crippen molar-refractivity contribution < 1.29 is 0 Å². The van der Waals surface area contributed by atoms with E-state index < -0.39 is 0 Å². The maximum absolute atomic E-state index is 3.69. The van der Waals surface area contributed by atoms with Crippen LogP contribution in [0.15, 0.2) is 18.2 Å². The molecule has 0 amide bonds. The molecule has 3 rings (SSSR count). The molecule has 2 atom stereocenters. The number of fused-ring (bicyclic) bond motifs is 2. The van der Waals surface area contributed by atoms with Crippen LogP contribution in [0.25, 0.3) is 0 Å². The molecule has 0 aromatic heterocycles. The van der Waals surface area contributed by atoms with Crippen LogP contribution in [-0.4, -0.2) is 12.1 Å². The quantitative estimate of drug-likeness (QED) is 0.753. The molecule has 0 saturated carbocycles. The van der Waals surface area contributed by atoms with E-state index in [0.29, 0.717) is 5.41 Å². The van der Waals surface area contributed by atoms with Gasteiger partial charge < -0.3 is 5.32 Å². The summed E-state index contributed by atoms with van der Waals surface area (Å²) in [4.78, 5) is 0. The van der Waals surface area contributed by atoms with Crippen molar-refractivity contribution >= 4 is 0 Å². The molecule has 2 aliphatic rings. The summed E-state index contributed by atoms with van der Waals surface area (Å²) in [6.07, 6.45) is 3.75. The van der Waals surface area contributed by atoms with Crippen molar-refractivity contribution in [2.24, 2.45) is 0 Å². The van der Waals surface area contributed by atoms with Crippen LogP contribution in [0.2, 0.25) is 0 Å². The zero-order chi connectivity index (χ0) is 11.3. The zero-order valence-corrected chi connectivity index (χ0v) is 10.5. The van der Waals surface area contributed by atoms with Gasteiger partial charge in [-0.25, -0.2) is 0 Å². The third-order valence-electron chi connectivity index (χ3n) is 4.79. The van der Waals surface area contributed by atoms with Crippen LogP contribution in [0, 0.1) is 6.92 Å². The Labute approximate surface area is 98.3 Å². The minimum atomic E-state index is 0.407. The molecule has 1 heterocycles. The zero-order valence-electron chi connectivity index (χ0n) is 10.5. The van der Waals surface area contributed by atoms with Crippen molar-refractivity contribution in [2.45, 2.75) is 57.5 Å². The molecule has 1 N–H and O–H groups in total. The van der Waals surface area contributed by atoms with E-state index in [-0.39, 0.29) is 0 Å². The van der Waals surface area contributed by atoms with E-state index in [4.69, 9.17) is 0 Å². The van der Waals surface area contributed by atoms with Crippen LogP contribution in [0.1, 0.15) is 43.4 Å². The van der Waals surface area contributed by atoms with Gasteiger partial charge >= 0.3 is 0 Å². The Morgan fingerprint density at radius 2 is 2.06 bits per heavy atom. The van der Waals surface area contributed by atoms with E-state index in [9.17, 15) is 0 Å². The molecule has 1 aliphatic carbocycles. The highest BCUT2D eigenvalue weighted by Crippen LogP contribution is 2.48. The maximum Gasteiger partial charge on any atom is 0.0324 e. The van der Waals surface area contributed by atoms with Crippen molar-refractivity contribution in [2.75, 3.05) is 0 Å². The first-order chi connectivity index (χ1) is 7.71. The molecule has 1 nitrogen and oxygen atoms in total. The summed E-state index contributed by atoms with van der Waals surface area (Å²) in [7, 11) is 0. The molecule has 0 radical (unpaired) electrons. The first-order valence-corrected chi connectivity index (χ1v) is 6.57. The number of rotatable bonds is 2. The number of hydrogen-bond acceptors (Lipinski definition) is 1. The summed E-state index contributed by atoms with van der Waals surface area (Å²) in [6, 6.07) is 8.55. The van der Waals surface area contributed by atoms with E-state index >= 15 is 0 Å². The minimum Gasteiger partial charge on any atom is -0.307 e.